The van der Waals surface area contributed by atoms with E-state index in [1.165, 1.54) is 6.26 Å². The number of furan rings is 1. The van der Waals surface area contributed by atoms with Gasteiger partial charge in [0.1, 0.15) is 12.0 Å². The molecule has 0 spiro atoms. The summed E-state index contributed by atoms with van der Waals surface area (Å²) >= 11 is 0. The van der Waals surface area contributed by atoms with E-state index in [1.807, 2.05) is 0 Å². The molecule has 8 nitrogen and oxygen atoms in total. The minimum absolute atomic E-state index is 0.0263. The molecule has 0 N–H and O–H groups in total. The summed E-state index contributed by atoms with van der Waals surface area (Å²) in [6, 6.07) is 12.0. The van der Waals surface area contributed by atoms with E-state index in [9.17, 15) is 0 Å². The summed E-state index contributed by atoms with van der Waals surface area (Å²) in [6.07, 6.45) is 9.28. The van der Waals surface area contributed by atoms with Gasteiger partial charge < -0.3 is 13.9 Å². The average molecular weight is 363 g/mol. The first-order chi connectivity index (χ1) is 13.4. The van der Waals surface area contributed by atoms with Crippen LogP contribution in [0.25, 0.3) is 0 Å². The Kier molecular flexibility index (Phi) is 4.78. The second kappa shape index (κ2) is 7.87. The lowest BCUT2D eigenvalue weighted by molar-refractivity contribution is -0.120. The molecule has 0 atom stereocenters. The molecule has 0 aliphatic heterocycles. The molecule has 0 aliphatic rings. The minimum atomic E-state index is -0.0263. The first-order valence-electron chi connectivity index (χ1n) is 7.91. The van der Waals surface area contributed by atoms with Crippen LogP contribution in [-0.2, 0) is 0 Å². The molecule has 4 rings (SSSR count). The van der Waals surface area contributed by atoms with Gasteiger partial charge in [0.25, 0.3) is 5.75 Å². The SMILES string of the molecule is c1ccc(Oc2coc(OOc3ccncc3)c2Oc2cccnc2)nc1. The number of ether oxygens (including phenoxy) is 2. The third-order valence-electron chi connectivity index (χ3n) is 3.25. The number of pyridine rings is 3. The topological polar surface area (TPSA) is 88.7 Å². The molecule has 0 amide bonds. The van der Waals surface area contributed by atoms with E-state index in [-0.39, 0.29) is 17.4 Å². The van der Waals surface area contributed by atoms with Gasteiger partial charge in [0, 0.05) is 43.0 Å². The number of nitrogens with zero attached hydrogens (tertiary/aromatic N) is 3. The Morgan fingerprint density at radius 1 is 0.741 bits per heavy atom. The maximum Gasteiger partial charge on any atom is 0.383 e. The Labute approximate surface area is 153 Å². The van der Waals surface area contributed by atoms with Crippen molar-refractivity contribution in [3.63, 3.8) is 0 Å². The molecule has 4 aromatic rings. The summed E-state index contributed by atoms with van der Waals surface area (Å²) in [6.45, 7) is 0. The van der Waals surface area contributed by atoms with E-state index < -0.39 is 0 Å². The van der Waals surface area contributed by atoms with Crippen LogP contribution in [0.3, 0.4) is 0 Å². The predicted octanol–water partition coefficient (Wildman–Crippen LogP) is 4.42. The monoisotopic (exact) mass is 363 g/mol. The predicted molar refractivity (Wildman–Crippen MR) is 92.8 cm³/mol. The molecule has 0 saturated heterocycles. The zero-order valence-electron chi connectivity index (χ0n) is 13.9. The van der Waals surface area contributed by atoms with E-state index in [0.29, 0.717) is 17.4 Å². The number of hydrogen-bond acceptors (Lipinski definition) is 8. The second-order valence-electron chi connectivity index (χ2n) is 5.13. The number of hydrogen-bond donors (Lipinski definition) is 0. The summed E-state index contributed by atoms with van der Waals surface area (Å²) in [4.78, 5) is 22.5. The second-order valence-corrected chi connectivity index (χ2v) is 5.13. The molecule has 0 aliphatic carbocycles. The smallest absolute Gasteiger partial charge is 0.383 e. The first kappa shape index (κ1) is 16.4. The van der Waals surface area contributed by atoms with Crippen molar-refractivity contribution >= 4 is 0 Å². The molecule has 0 saturated carbocycles. The van der Waals surface area contributed by atoms with Crippen LogP contribution in [0.1, 0.15) is 0 Å². The van der Waals surface area contributed by atoms with Crippen molar-refractivity contribution < 1.29 is 23.7 Å². The fraction of sp³-hybridized carbons (Fsp3) is 0. The van der Waals surface area contributed by atoms with Gasteiger partial charge in [0.15, 0.2) is 5.75 Å². The van der Waals surface area contributed by atoms with Crippen molar-refractivity contribution in [3.8, 4) is 34.8 Å². The summed E-state index contributed by atoms with van der Waals surface area (Å²) in [5, 5.41) is 0. The molecule has 4 heterocycles. The Balaban J connectivity index is 1.59. The Hall–Kier alpha value is -4.07. The fourth-order valence-corrected chi connectivity index (χ4v) is 2.06. The van der Waals surface area contributed by atoms with Crippen molar-refractivity contribution in [2.45, 2.75) is 0 Å². The van der Waals surface area contributed by atoms with E-state index in [4.69, 9.17) is 23.7 Å². The van der Waals surface area contributed by atoms with Gasteiger partial charge in [-0.2, -0.15) is 0 Å². The van der Waals surface area contributed by atoms with Crippen molar-refractivity contribution in [2.24, 2.45) is 0 Å². The highest BCUT2D eigenvalue weighted by Crippen LogP contribution is 2.44. The first-order valence-corrected chi connectivity index (χ1v) is 7.91. The molecule has 0 radical (unpaired) electrons. The summed E-state index contributed by atoms with van der Waals surface area (Å²) < 4.78 is 16.9. The van der Waals surface area contributed by atoms with Crippen LogP contribution in [0, 0.1) is 0 Å². The van der Waals surface area contributed by atoms with Gasteiger partial charge in [-0.25, -0.2) is 9.87 Å². The zero-order valence-corrected chi connectivity index (χ0v) is 13.9. The van der Waals surface area contributed by atoms with Crippen LogP contribution in [-0.4, -0.2) is 15.0 Å². The minimum Gasteiger partial charge on any atom is -0.444 e. The maximum absolute atomic E-state index is 5.81. The molecule has 0 aromatic carbocycles. The van der Waals surface area contributed by atoms with Gasteiger partial charge in [0.2, 0.25) is 11.6 Å². The average Bonchev–Trinajstić information content (AvgIpc) is 3.10. The van der Waals surface area contributed by atoms with Crippen LogP contribution in [0.2, 0.25) is 0 Å². The van der Waals surface area contributed by atoms with Crippen LogP contribution < -0.4 is 19.2 Å². The molecule has 134 valence electrons. The lowest BCUT2D eigenvalue weighted by Crippen LogP contribution is -2.01. The molecule has 0 bridgehead atoms. The molecule has 0 fully saturated rings. The molecule has 8 heteroatoms. The number of aromatic nitrogens is 3. The van der Waals surface area contributed by atoms with Crippen molar-refractivity contribution in [1.82, 2.24) is 15.0 Å². The van der Waals surface area contributed by atoms with E-state index in [0.717, 1.165) is 0 Å². The maximum atomic E-state index is 5.81. The highest BCUT2D eigenvalue weighted by atomic mass is 17.2. The lowest BCUT2D eigenvalue weighted by Gasteiger charge is -2.08. The summed E-state index contributed by atoms with van der Waals surface area (Å²) in [7, 11) is 0. The van der Waals surface area contributed by atoms with Crippen LogP contribution in [0.15, 0.2) is 84.1 Å². The number of rotatable bonds is 7. The van der Waals surface area contributed by atoms with Gasteiger partial charge in [-0.15, -0.1) is 0 Å². The molecular weight excluding hydrogens is 350 g/mol. The van der Waals surface area contributed by atoms with Gasteiger partial charge in [-0.3, -0.25) is 14.9 Å². The van der Waals surface area contributed by atoms with Gasteiger partial charge in [-0.05, 0) is 18.2 Å². The van der Waals surface area contributed by atoms with Gasteiger partial charge in [-0.1, -0.05) is 6.07 Å². The van der Waals surface area contributed by atoms with E-state index in [1.54, 1.807) is 73.4 Å². The molecule has 0 unspecified atom stereocenters. The van der Waals surface area contributed by atoms with E-state index in [2.05, 4.69) is 15.0 Å². The molecule has 4 aromatic heterocycles. The molecular formula is C19H13N3O5. The third kappa shape index (κ3) is 4.13. The quantitative estimate of drug-likeness (QED) is 0.352. The van der Waals surface area contributed by atoms with Crippen LogP contribution in [0.4, 0.5) is 0 Å². The lowest BCUT2D eigenvalue weighted by atomic mass is 10.4. The Bertz CT molecular complexity index is 978. The normalized spacial score (nSPS) is 10.2. The fourth-order valence-electron chi connectivity index (χ4n) is 2.06. The largest absolute Gasteiger partial charge is 0.444 e. The summed E-state index contributed by atoms with van der Waals surface area (Å²) in [5.74, 6) is 1.71. The standard InChI is InChI=1S/C19H13N3O5/c1-2-9-22-17(5-1)25-16-13-23-19(27-26-14-6-10-20-11-7-14)18(16)24-15-4-3-8-21-12-15/h1-13H. The summed E-state index contributed by atoms with van der Waals surface area (Å²) in [5.41, 5.74) is 0. The van der Waals surface area contributed by atoms with Crippen molar-refractivity contribution in [3.05, 3.63) is 79.7 Å². The Morgan fingerprint density at radius 2 is 1.67 bits per heavy atom. The van der Waals surface area contributed by atoms with E-state index >= 15 is 0 Å². The third-order valence-corrected chi connectivity index (χ3v) is 3.25. The van der Waals surface area contributed by atoms with Crippen molar-refractivity contribution in [2.75, 3.05) is 0 Å². The molecule has 27 heavy (non-hydrogen) atoms. The van der Waals surface area contributed by atoms with Crippen LogP contribution >= 0.6 is 0 Å². The van der Waals surface area contributed by atoms with Gasteiger partial charge >= 0.3 is 5.95 Å². The Morgan fingerprint density at radius 3 is 2.44 bits per heavy atom. The zero-order chi connectivity index (χ0) is 18.3. The van der Waals surface area contributed by atoms with Gasteiger partial charge in [0.05, 0.1) is 6.20 Å². The van der Waals surface area contributed by atoms with Crippen LogP contribution in [0.5, 0.6) is 34.8 Å². The van der Waals surface area contributed by atoms with Crippen molar-refractivity contribution in [1.29, 1.82) is 0 Å². The highest BCUT2D eigenvalue weighted by molar-refractivity contribution is 5.48. The highest BCUT2D eigenvalue weighted by Gasteiger charge is 2.22.